The number of carbonyl (C=O) groups is 2. The molecule has 0 aliphatic carbocycles. The minimum absolute atomic E-state index is 0.0159. The van der Waals surface area contributed by atoms with Gasteiger partial charge in [-0.25, -0.2) is 13.6 Å². The van der Waals surface area contributed by atoms with Crippen LogP contribution in [0.15, 0.2) is 36.4 Å². The van der Waals surface area contributed by atoms with Gasteiger partial charge in [-0.1, -0.05) is 6.07 Å². The van der Waals surface area contributed by atoms with Crippen molar-refractivity contribution in [3.05, 3.63) is 59.2 Å². The van der Waals surface area contributed by atoms with E-state index in [9.17, 15) is 23.5 Å². The predicted molar refractivity (Wildman–Crippen MR) is 86.5 cm³/mol. The summed E-state index contributed by atoms with van der Waals surface area (Å²) in [7, 11) is 0. The van der Waals surface area contributed by atoms with Crippen LogP contribution in [0.2, 0.25) is 0 Å². The fraction of sp³-hybridized carbons (Fsp3) is 0.176. The quantitative estimate of drug-likeness (QED) is 0.713. The number of carboxylic acid groups (broad SMARTS) is 1. The summed E-state index contributed by atoms with van der Waals surface area (Å²) in [5.41, 5.74) is 5.09. The van der Waals surface area contributed by atoms with Gasteiger partial charge in [0, 0.05) is 5.56 Å². The highest BCUT2D eigenvalue weighted by atomic mass is 19.1. The van der Waals surface area contributed by atoms with Crippen LogP contribution < -0.4 is 15.8 Å². The molecule has 0 radical (unpaired) electrons. The monoisotopic (exact) mass is 350 g/mol. The van der Waals surface area contributed by atoms with E-state index in [4.69, 9.17) is 10.5 Å². The van der Waals surface area contributed by atoms with Crippen LogP contribution in [0.4, 0.5) is 14.5 Å². The van der Waals surface area contributed by atoms with Crippen molar-refractivity contribution in [3.63, 3.8) is 0 Å². The summed E-state index contributed by atoms with van der Waals surface area (Å²) in [6.07, 6.45) is 0. The molecule has 8 heteroatoms. The number of nitrogens with two attached hydrogens (primary N) is 1. The van der Waals surface area contributed by atoms with Gasteiger partial charge in [0.05, 0.1) is 12.3 Å². The van der Waals surface area contributed by atoms with Crippen molar-refractivity contribution in [2.24, 2.45) is 5.73 Å². The van der Waals surface area contributed by atoms with Gasteiger partial charge in [-0.3, -0.25) is 4.79 Å². The standard InChI is InChI=1S/C17H16F2N2O4/c1-2-25-14-8-9(3-6-12(14)19)15(17(23)24)21-13-7-10(16(20)22)4-5-11(13)18/h3-8,15,21H,2H2,1H3,(H2,20,22)(H,23,24). The fourth-order valence-electron chi connectivity index (χ4n) is 2.20. The minimum Gasteiger partial charge on any atom is -0.491 e. The number of anilines is 1. The molecule has 2 aromatic carbocycles. The fourth-order valence-corrected chi connectivity index (χ4v) is 2.20. The summed E-state index contributed by atoms with van der Waals surface area (Å²) < 4.78 is 32.7. The van der Waals surface area contributed by atoms with Crippen LogP contribution in [0.3, 0.4) is 0 Å². The predicted octanol–water partition coefficient (Wildman–Crippen LogP) is 2.70. The van der Waals surface area contributed by atoms with Crippen LogP contribution in [-0.4, -0.2) is 23.6 Å². The molecule has 4 N–H and O–H groups in total. The van der Waals surface area contributed by atoms with Gasteiger partial charge in [-0.05, 0) is 42.8 Å². The first-order valence-electron chi connectivity index (χ1n) is 7.34. The Balaban J connectivity index is 2.40. The maximum Gasteiger partial charge on any atom is 0.330 e. The van der Waals surface area contributed by atoms with Crippen molar-refractivity contribution in [2.75, 3.05) is 11.9 Å². The molecule has 2 aromatic rings. The Morgan fingerprint density at radius 2 is 1.88 bits per heavy atom. The molecule has 1 amide bonds. The van der Waals surface area contributed by atoms with Crippen LogP contribution in [0.1, 0.15) is 28.9 Å². The van der Waals surface area contributed by atoms with Crippen LogP contribution in [-0.2, 0) is 4.79 Å². The number of hydrogen-bond donors (Lipinski definition) is 3. The first-order valence-corrected chi connectivity index (χ1v) is 7.34. The molecule has 0 saturated heterocycles. The maximum atomic E-state index is 13.9. The molecule has 1 atom stereocenters. The van der Waals surface area contributed by atoms with Crippen molar-refractivity contribution in [1.82, 2.24) is 0 Å². The summed E-state index contributed by atoms with van der Waals surface area (Å²) in [4.78, 5) is 22.8. The molecule has 0 aliphatic rings. The summed E-state index contributed by atoms with van der Waals surface area (Å²) in [6.45, 7) is 1.85. The Hall–Kier alpha value is -3.16. The Morgan fingerprint density at radius 3 is 2.48 bits per heavy atom. The normalized spacial score (nSPS) is 11.6. The lowest BCUT2D eigenvalue weighted by atomic mass is 10.1. The number of primary amides is 1. The Bertz CT molecular complexity index is 811. The first-order chi connectivity index (χ1) is 11.8. The number of aliphatic carboxylic acids is 1. The smallest absolute Gasteiger partial charge is 0.330 e. The van der Waals surface area contributed by atoms with Gasteiger partial charge in [-0.15, -0.1) is 0 Å². The summed E-state index contributed by atoms with van der Waals surface area (Å²) in [5.74, 6) is -3.62. The van der Waals surface area contributed by atoms with Crippen molar-refractivity contribution in [2.45, 2.75) is 13.0 Å². The maximum absolute atomic E-state index is 13.9. The highest BCUT2D eigenvalue weighted by molar-refractivity contribution is 5.94. The Kier molecular flexibility index (Phi) is 5.53. The third-order valence-corrected chi connectivity index (χ3v) is 3.39. The van der Waals surface area contributed by atoms with E-state index in [1.807, 2.05) is 0 Å². The first kappa shape index (κ1) is 18.2. The third kappa shape index (κ3) is 4.23. The summed E-state index contributed by atoms with van der Waals surface area (Å²) >= 11 is 0. The lowest BCUT2D eigenvalue weighted by Gasteiger charge is -2.18. The largest absolute Gasteiger partial charge is 0.491 e. The van der Waals surface area contributed by atoms with E-state index in [2.05, 4.69) is 5.32 Å². The average molecular weight is 350 g/mol. The third-order valence-electron chi connectivity index (χ3n) is 3.39. The number of hydrogen-bond acceptors (Lipinski definition) is 4. The lowest BCUT2D eigenvalue weighted by Crippen LogP contribution is -2.22. The van der Waals surface area contributed by atoms with E-state index in [0.717, 1.165) is 18.2 Å². The number of ether oxygens (including phenoxy) is 1. The highest BCUT2D eigenvalue weighted by Gasteiger charge is 2.23. The topological polar surface area (TPSA) is 102 Å². The molecule has 2 rings (SSSR count). The van der Waals surface area contributed by atoms with Gasteiger partial charge in [0.1, 0.15) is 5.82 Å². The highest BCUT2D eigenvalue weighted by Crippen LogP contribution is 2.27. The van der Waals surface area contributed by atoms with Crippen LogP contribution in [0.5, 0.6) is 5.75 Å². The second-order valence-corrected chi connectivity index (χ2v) is 5.10. The zero-order valence-electron chi connectivity index (χ0n) is 13.3. The van der Waals surface area contributed by atoms with Gasteiger partial charge in [0.15, 0.2) is 17.6 Å². The molecule has 0 bridgehead atoms. The lowest BCUT2D eigenvalue weighted by molar-refractivity contribution is -0.138. The SMILES string of the molecule is CCOc1cc(C(Nc2cc(C(N)=O)ccc2F)C(=O)O)ccc1F. The molecular formula is C17H16F2N2O4. The van der Waals surface area contributed by atoms with E-state index in [-0.39, 0.29) is 29.2 Å². The molecule has 0 heterocycles. The molecule has 0 aliphatic heterocycles. The Morgan fingerprint density at radius 1 is 1.20 bits per heavy atom. The molecule has 25 heavy (non-hydrogen) atoms. The second kappa shape index (κ2) is 7.61. The molecule has 132 valence electrons. The van der Waals surface area contributed by atoms with Crippen LogP contribution in [0.25, 0.3) is 0 Å². The molecule has 6 nitrogen and oxygen atoms in total. The van der Waals surface area contributed by atoms with E-state index in [1.54, 1.807) is 6.92 Å². The molecular weight excluding hydrogens is 334 g/mol. The number of carboxylic acids is 1. The van der Waals surface area contributed by atoms with E-state index >= 15 is 0 Å². The summed E-state index contributed by atoms with van der Waals surface area (Å²) in [6, 6.07) is 5.44. The molecule has 0 spiro atoms. The van der Waals surface area contributed by atoms with Gasteiger partial charge >= 0.3 is 5.97 Å². The van der Waals surface area contributed by atoms with Gasteiger partial charge < -0.3 is 20.9 Å². The van der Waals surface area contributed by atoms with Crippen molar-refractivity contribution < 1.29 is 28.2 Å². The Labute approximate surface area is 142 Å². The number of carbonyl (C=O) groups excluding carboxylic acids is 1. The molecule has 0 fully saturated rings. The van der Waals surface area contributed by atoms with Crippen LogP contribution >= 0.6 is 0 Å². The zero-order valence-corrected chi connectivity index (χ0v) is 13.3. The number of halogens is 2. The van der Waals surface area contributed by atoms with E-state index < -0.39 is 29.6 Å². The van der Waals surface area contributed by atoms with E-state index in [1.165, 1.54) is 18.2 Å². The molecule has 1 unspecified atom stereocenters. The zero-order chi connectivity index (χ0) is 18.6. The minimum atomic E-state index is -1.39. The van der Waals surface area contributed by atoms with Gasteiger partial charge in [0.2, 0.25) is 5.91 Å². The number of amides is 1. The van der Waals surface area contributed by atoms with Crippen molar-refractivity contribution in [3.8, 4) is 5.75 Å². The van der Waals surface area contributed by atoms with Crippen LogP contribution in [0, 0.1) is 11.6 Å². The van der Waals surface area contributed by atoms with Crippen molar-refractivity contribution in [1.29, 1.82) is 0 Å². The van der Waals surface area contributed by atoms with Gasteiger partial charge in [0.25, 0.3) is 0 Å². The second-order valence-electron chi connectivity index (χ2n) is 5.10. The number of benzene rings is 2. The van der Waals surface area contributed by atoms with E-state index in [0.29, 0.717) is 0 Å². The molecule has 0 aromatic heterocycles. The summed E-state index contributed by atoms with van der Waals surface area (Å²) in [5, 5.41) is 11.9. The van der Waals surface area contributed by atoms with Crippen molar-refractivity contribution >= 4 is 17.6 Å². The number of rotatable bonds is 7. The average Bonchev–Trinajstić information content (AvgIpc) is 2.56. The number of nitrogens with one attached hydrogen (secondary N) is 1. The molecule has 0 saturated carbocycles. The van der Waals surface area contributed by atoms with Gasteiger partial charge in [-0.2, -0.15) is 0 Å².